The van der Waals surface area contributed by atoms with Crippen molar-refractivity contribution in [1.82, 2.24) is 0 Å². The summed E-state index contributed by atoms with van der Waals surface area (Å²) < 4.78 is 10.2. The molecule has 0 aliphatic rings. The molecule has 1 atom stereocenters. The van der Waals surface area contributed by atoms with Crippen LogP contribution in [-0.2, 0) is 9.53 Å². The Balaban J connectivity index is 2.63. The molecule has 4 nitrogen and oxygen atoms in total. The molecule has 0 spiro atoms. The highest BCUT2D eigenvalue weighted by Gasteiger charge is 2.15. The lowest BCUT2D eigenvalue weighted by Crippen LogP contribution is -2.26. The van der Waals surface area contributed by atoms with E-state index in [2.05, 4.69) is 0 Å². The molecule has 1 aromatic carbocycles. The van der Waals surface area contributed by atoms with Crippen molar-refractivity contribution >= 4 is 23.2 Å². The lowest BCUT2D eigenvalue weighted by atomic mass is 10.2. The fourth-order valence-electron chi connectivity index (χ4n) is 1.21. The maximum Gasteiger partial charge on any atom is 0.347 e. The lowest BCUT2D eigenvalue weighted by molar-refractivity contribution is -0.150. The van der Waals surface area contributed by atoms with Gasteiger partial charge in [0.15, 0.2) is 6.10 Å². The summed E-state index contributed by atoms with van der Waals surface area (Å²) in [4.78, 5) is 11.7. The molecule has 2 N–H and O–H groups in total. The second-order valence-corrected chi connectivity index (χ2v) is 3.84. The highest BCUT2D eigenvalue weighted by molar-refractivity contribution is 7.80. The highest BCUT2D eigenvalue weighted by Crippen LogP contribution is 2.14. The van der Waals surface area contributed by atoms with Crippen molar-refractivity contribution in [2.24, 2.45) is 5.73 Å². The van der Waals surface area contributed by atoms with Gasteiger partial charge in [-0.15, -0.1) is 0 Å². The zero-order valence-corrected chi connectivity index (χ0v) is 10.6. The van der Waals surface area contributed by atoms with Crippen LogP contribution >= 0.6 is 12.2 Å². The number of carbonyl (C=O) groups is 1. The smallest absolute Gasteiger partial charge is 0.347 e. The van der Waals surface area contributed by atoms with Gasteiger partial charge in [0, 0.05) is 5.56 Å². The fourth-order valence-corrected chi connectivity index (χ4v) is 1.35. The maximum atomic E-state index is 11.3. The standard InChI is InChI=1S/C12H15NO3S/c1-3-15-12(14)8(2)16-10-6-4-9(5-7-10)11(13)17/h4-8H,3H2,1-2H3,(H2,13,17). The molecule has 0 aromatic heterocycles. The molecule has 0 fully saturated rings. The predicted octanol–water partition coefficient (Wildman–Crippen LogP) is 1.65. The second kappa shape index (κ2) is 6.20. The Morgan fingerprint density at radius 2 is 2.00 bits per heavy atom. The minimum Gasteiger partial charge on any atom is -0.479 e. The largest absolute Gasteiger partial charge is 0.479 e. The van der Waals surface area contributed by atoms with Gasteiger partial charge in [0.05, 0.1) is 6.61 Å². The molecule has 1 unspecified atom stereocenters. The average molecular weight is 253 g/mol. The van der Waals surface area contributed by atoms with Gasteiger partial charge in [-0.05, 0) is 38.1 Å². The molecular weight excluding hydrogens is 238 g/mol. The SMILES string of the molecule is CCOC(=O)C(C)Oc1ccc(C(N)=S)cc1. The Labute approximate surface area is 106 Å². The van der Waals surface area contributed by atoms with E-state index >= 15 is 0 Å². The minimum absolute atomic E-state index is 0.329. The number of hydrogen-bond acceptors (Lipinski definition) is 4. The molecule has 0 radical (unpaired) electrons. The van der Waals surface area contributed by atoms with Crippen LogP contribution in [0.4, 0.5) is 0 Å². The van der Waals surface area contributed by atoms with E-state index in [-0.39, 0.29) is 5.97 Å². The van der Waals surface area contributed by atoms with Crippen molar-refractivity contribution in [3.63, 3.8) is 0 Å². The second-order valence-electron chi connectivity index (χ2n) is 3.40. The summed E-state index contributed by atoms with van der Waals surface area (Å²) >= 11 is 4.83. The average Bonchev–Trinajstić information content (AvgIpc) is 2.30. The topological polar surface area (TPSA) is 61.5 Å². The number of esters is 1. The zero-order valence-electron chi connectivity index (χ0n) is 9.80. The number of hydrogen-bond donors (Lipinski definition) is 1. The third-order valence-electron chi connectivity index (χ3n) is 2.07. The van der Waals surface area contributed by atoms with Crippen LogP contribution in [0.25, 0.3) is 0 Å². The fraction of sp³-hybridized carbons (Fsp3) is 0.333. The van der Waals surface area contributed by atoms with Gasteiger partial charge in [0.2, 0.25) is 0 Å². The number of carbonyl (C=O) groups excluding carboxylic acids is 1. The molecule has 0 saturated heterocycles. The van der Waals surface area contributed by atoms with Crippen molar-refractivity contribution in [3.05, 3.63) is 29.8 Å². The molecule has 0 aliphatic heterocycles. The van der Waals surface area contributed by atoms with Gasteiger partial charge >= 0.3 is 5.97 Å². The molecule has 0 bridgehead atoms. The van der Waals surface area contributed by atoms with Gasteiger partial charge in [0.1, 0.15) is 10.7 Å². The number of nitrogens with two attached hydrogens (primary N) is 1. The van der Waals surface area contributed by atoms with Crippen molar-refractivity contribution in [3.8, 4) is 5.75 Å². The van der Waals surface area contributed by atoms with E-state index in [1.54, 1.807) is 38.1 Å². The van der Waals surface area contributed by atoms with Crippen LogP contribution in [0.15, 0.2) is 24.3 Å². The van der Waals surface area contributed by atoms with Crippen LogP contribution in [0.2, 0.25) is 0 Å². The first-order valence-corrected chi connectivity index (χ1v) is 5.68. The molecule has 0 heterocycles. The Morgan fingerprint density at radius 1 is 1.41 bits per heavy atom. The highest BCUT2D eigenvalue weighted by atomic mass is 32.1. The van der Waals surface area contributed by atoms with E-state index in [9.17, 15) is 4.79 Å². The van der Waals surface area contributed by atoms with Crippen LogP contribution < -0.4 is 10.5 Å². The molecule has 0 amide bonds. The van der Waals surface area contributed by atoms with Crippen molar-refractivity contribution in [2.45, 2.75) is 20.0 Å². The van der Waals surface area contributed by atoms with Gasteiger partial charge in [-0.3, -0.25) is 0 Å². The molecule has 0 saturated carbocycles. The summed E-state index contributed by atoms with van der Waals surface area (Å²) in [6.45, 7) is 3.73. The lowest BCUT2D eigenvalue weighted by Gasteiger charge is -2.13. The van der Waals surface area contributed by atoms with Crippen molar-refractivity contribution in [1.29, 1.82) is 0 Å². The monoisotopic (exact) mass is 253 g/mol. The number of thiocarbonyl (C=S) groups is 1. The quantitative estimate of drug-likeness (QED) is 0.638. The summed E-state index contributed by atoms with van der Waals surface area (Å²) in [6, 6.07) is 6.92. The molecule has 1 rings (SSSR count). The summed E-state index contributed by atoms with van der Waals surface area (Å²) in [5, 5.41) is 0. The molecular formula is C12H15NO3S. The van der Waals surface area contributed by atoms with E-state index < -0.39 is 6.10 Å². The molecule has 0 aliphatic carbocycles. The molecule has 5 heteroatoms. The van der Waals surface area contributed by atoms with Crippen molar-refractivity contribution in [2.75, 3.05) is 6.61 Å². The Kier molecular flexibility index (Phi) is 4.90. The maximum absolute atomic E-state index is 11.3. The van der Waals surface area contributed by atoms with Gasteiger partial charge in [0.25, 0.3) is 0 Å². The number of rotatable bonds is 5. The van der Waals surface area contributed by atoms with Crippen molar-refractivity contribution < 1.29 is 14.3 Å². The zero-order chi connectivity index (χ0) is 12.8. The first-order chi connectivity index (χ1) is 8.04. The van der Waals surface area contributed by atoms with Crippen LogP contribution in [-0.4, -0.2) is 23.7 Å². The van der Waals surface area contributed by atoms with E-state index in [1.165, 1.54) is 0 Å². The summed E-state index contributed by atoms with van der Waals surface area (Å²) in [5.41, 5.74) is 6.23. The summed E-state index contributed by atoms with van der Waals surface area (Å²) in [7, 11) is 0. The Hall–Kier alpha value is -1.62. The van der Waals surface area contributed by atoms with Gasteiger partial charge < -0.3 is 15.2 Å². The third kappa shape index (κ3) is 4.03. The van der Waals surface area contributed by atoms with Gasteiger partial charge in [-0.25, -0.2) is 4.79 Å². The number of benzene rings is 1. The van der Waals surface area contributed by atoms with Crippen LogP contribution in [0.3, 0.4) is 0 Å². The molecule has 92 valence electrons. The van der Waals surface area contributed by atoms with E-state index in [0.717, 1.165) is 5.56 Å². The Morgan fingerprint density at radius 3 is 2.47 bits per heavy atom. The third-order valence-corrected chi connectivity index (χ3v) is 2.31. The first-order valence-electron chi connectivity index (χ1n) is 5.27. The van der Waals surface area contributed by atoms with Crippen LogP contribution in [0.5, 0.6) is 5.75 Å². The summed E-state index contributed by atoms with van der Waals surface area (Å²) in [5.74, 6) is 0.191. The first kappa shape index (κ1) is 13.4. The Bertz CT molecular complexity index is 403. The van der Waals surface area contributed by atoms with E-state index in [1.807, 2.05) is 0 Å². The van der Waals surface area contributed by atoms with E-state index in [0.29, 0.717) is 17.3 Å². The van der Waals surface area contributed by atoms with Crippen LogP contribution in [0.1, 0.15) is 19.4 Å². The minimum atomic E-state index is -0.634. The van der Waals surface area contributed by atoms with E-state index in [4.69, 9.17) is 27.4 Å². The van der Waals surface area contributed by atoms with Gasteiger partial charge in [-0.2, -0.15) is 0 Å². The number of ether oxygens (including phenoxy) is 2. The predicted molar refractivity (Wildman–Crippen MR) is 69.1 cm³/mol. The van der Waals surface area contributed by atoms with Crippen LogP contribution in [0, 0.1) is 0 Å². The summed E-state index contributed by atoms with van der Waals surface area (Å²) in [6.07, 6.45) is -0.634. The molecule has 17 heavy (non-hydrogen) atoms. The van der Waals surface area contributed by atoms with Gasteiger partial charge in [-0.1, -0.05) is 12.2 Å². The normalized spacial score (nSPS) is 11.6. The molecule has 1 aromatic rings.